The summed E-state index contributed by atoms with van der Waals surface area (Å²) in [7, 11) is 0. The molecule has 0 radical (unpaired) electrons. The minimum Gasteiger partial charge on any atom is -0.401 e. The summed E-state index contributed by atoms with van der Waals surface area (Å²) in [5.74, 6) is 0. The van der Waals surface area contributed by atoms with Crippen molar-refractivity contribution in [2.24, 2.45) is 10.8 Å². The Labute approximate surface area is 68.6 Å². The zero-order chi connectivity index (χ0) is 9.07. The van der Waals surface area contributed by atoms with Crippen LogP contribution in [0.2, 0.25) is 0 Å². The van der Waals surface area contributed by atoms with Gasteiger partial charge in [0.25, 0.3) is 0 Å². The highest BCUT2D eigenvalue weighted by Gasteiger charge is 2.16. The summed E-state index contributed by atoms with van der Waals surface area (Å²) in [6.45, 7) is 11.4. The average molecular weight is 155 g/mol. The number of allylic oxidation sites excluding steroid dienone is 1. The normalized spacial score (nSPS) is 12.9. The Kier molecular flexibility index (Phi) is 3.11. The molecule has 2 N–H and O–H groups in total. The SMILES string of the molecule is C=NN(/C=C(/C)N)C(C)(C)C. The van der Waals surface area contributed by atoms with Gasteiger partial charge in [0.2, 0.25) is 0 Å². The van der Waals surface area contributed by atoms with Crippen molar-refractivity contribution < 1.29 is 0 Å². The maximum atomic E-state index is 5.50. The lowest BCUT2D eigenvalue weighted by Crippen LogP contribution is -2.33. The van der Waals surface area contributed by atoms with Crippen LogP contribution in [0.15, 0.2) is 17.0 Å². The topological polar surface area (TPSA) is 41.6 Å². The number of nitrogens with two attached hydrogens (primary N) is 1. The van der Waals surface area contributed by atoms with Gasteiger partial charge in [-0.1, -0.05) is 0 Å². The minimum absolute atomic E-state index is 0.0532. The first-order chi connectivity index (χ1) is 4.88. The molecule has 0 aliphatic carbocycles. The molecule has 0 aromatic rings. The van der Waals surface area contributed by atoms with E-state index in [0.29, 0.717) is 0 Å². The molecule has 3 nitrogen and oxygen atoms in total. The van der Waals surface area contributed by atoms with E-state index in [0.717, 1.165) is 5.70 Å². The maximum absolute atomic E-state index is 5.50. The largest absolute Gasteiger partial charge is 0.401 e. The van der Waals surface area contributed by atoms with E-state index in [2.05, 4.69) is 11.8 Å². The number of nitrogens with zero attached hydrogens (tertiary/aromatic N) is 2. The zero-order valence-corrected chi connectivity index (χ0v) is 7.76. The van der Waals surface area contributed by atoms with Gasteiger partial charge in [0.15, 0.2) is 0 Å². The van der Waals surface area contributed by atoms with Gasteiger partial charge in [0, 0.05) is 18.6 Å². The lowest BCUT2D eigenvalue weighted by Gasteiger charge is -2.29. The van der Waals surface area contributed by atoms with E-state index in [4.69, 9.17) is 5.73 Å². The first-order valence-electron chi connectivity index (χ1n) is 3.58. The number of hydrogen-bond donors (Lipinski definition) is 1. The van der Waals surface area contributed by atoms with Crippen LogP contribution in [0, 0.1) is 0 Å². The fourth-order valence-corrected chi connectivity index (χ4v) is 0.639. The van der Waals surface area contributed by atoms with E-state index in [1.54, 1.807) is 11.2 Å². The van der Waals surface area contributed by atoms with Crippen LogP contribution in [0.4, 0.5) is 0 Å². The standard InChI is InChI=1S/C8H17N3/c1-7(9)6-11(10-5)8(2,3)4/h6H,5,9H2,1-4H3/b7-6-. The molecule has 0 aromatic heterocycles. The predicted molar refractivity (Wildman–Crippen MR) is 49.1 cm³/mol. The summed E-state index contributed by atoms with van der Waals surface area (Å²) in [6.07, 6.45) is 1.77. The second-order valence-electron chi connectivity index (χ2n) is 3.53. The van der Waals surface area contributed by atoms with Gasteiger partial charge in [-0.15, -0.1) is 0 Å². The second kappa shape index (κ2) is 3.42. The third-order valence-corrected chi connectivity index (χ3v) is 1.17. The molecule has 0 fully saturated rings. The van der Waals surface area contributed by atoms with Crippen molar-refractivity contribution in [1.82, 2.24) is 5.01 Å². The molecule has 0 unspecified atom stereocenters. The van der Waals surface area contributed by atoms with Gasteiger partial charge in [-0.3, -0.25) is 5.01 Å². The molecule has 0 spiro atoms. The fourth-order valence-electron chi connectivity index (χ4n) is 0.639. The van der Waals surface area contributed by atoms with Gasteiger partial charge in [-0.2, -0.15) is 5.10 Å². The van der Waals surface area contributed by atoms with Crippen LogP contribution < -0.4 is 5.73 Å². The van der Waals surface area contributed by atoms with Gasteiger partial charge >= 0.3 is 0 Å². The van der Waals surface area contributed by atoms with Crippen molar-refractivity contribution in [3.63, 3.8) is 0 Å². The molecule has 0 aliphatic heterocycles. The van der Waals surface area contributed by atoms with E-state index < -0.39 is 0 Å². The summed E-state index contributed by atoms with van der Waals surface area (Å²) in [5.41, 5.74) is 6.17. The van der Waals surface area contributed by atoms with Crippen molar-refractivity contribution >= 4 is 6.72 Å². The smallest absolute Gasteiger partial charge is 0.0544 e. The Morgan fingerprint density at radius 2 is 2.00 bits per heavy atom. The Bertz CT molecular complexity index is 161. The Morgan fingerprint density at radius 1 is 1.55 bits per heavy atom. The molecule has 0 saturated heterocycles. The number of hydrogen-bond acceptors (Lipinski definition) is 3. The van der Waals surface area contributed by atoms with Crippen LogP contribution in [0.1, 0.15) is 27.7 Å². The maximum Gasteiger partial charge on any atom is 0.0544 e. The molecule has 0 aromatic carbocycles. The molecule has 64 valence electrons. The van der Waals surface area contributed by atoms with Crippen LogP contribution in [0.3, 0.4) is 0 Å². The van der Waals surface area contributed by atoms with E-state index in [-0.39, 0.29) is 5.54 Å². The van der Waals surface area contributed by atoms with Crippen molar-refractivity contribution in [3.05, 3.63) is 11.9 Å². The first kappa shape index (κ1) is 10.0. The molecule has 0 saturated carbocycles. The highest BCUT2D eigenvalue weighted by atomic mass is 15.5. The lowest BCUT2D eigenvalue weighted by atomic mass is 10.1. The van der Waals surface area contributed by atoms with Crippen LogP contribution in [0.25, 0.3) is 0 Å². The monoisotopic (exact) mass is 155 g/mol. The summed E-state index contributed by atoms with van der Waals surface area (Å²) < 4.78 is 0. The molecule has 3 heteroatoms. The first-order valence-corrected chi connectivity index (χ1v) is 3.58. The van der Waals surface area contributed by atoms with E-state index >= 15 is 0 Å². The summed E-state index contributed by atoms with van der Waals surface area (Å²) in [5, 5.41) is 5.56. The van der Waals surface area contributed by atoms with Crippen LogP contribution >= 0.6 is 0 Å². The Hall–Kier alpha value is -0.990. The predicted octanol–water partition coefficient (Wildman–Crippen LogP) is 1.52. The minimum atomic E-state index is -0.0532. The van der Waals surface area contributed by atoms with Gasteiger partial charge in [0.05, 0.1) is 5.54 Å². The Balaban J connectivity index is 4.43. The highest BCUT2D eigenvalue weighted by molar-refractivity contribution is 5.23. The Morgan fingerprint density at radius 3 is 2.09 bits per heavy atom. The van der Waals surface area contributed by atoms with Gasteiger partial charge in [0.1, 0.15) is 0 Å². The molecule has 0 heterocycles. The van der Waals surface area contributed by atoms with E-state index in [1.807, 2.05) is 27.7 Å². The lowest BCUT2D eigenvalue weighted by molar-refractivity contribution is 0.215. The van der Waals surface area contributed by atoms with Crippen LogP contribution in [-0.4, -0.2) is 17.3 Å². The highest BCUT2D eigenvalue weighted by Crippen LogP contribution is 2.13. The quantitative estimate of drug-likeness (QED) is 0.485. The second-order valence-corrected chi connectivity index (χ2v) is 3.53. The van der Waals surface area contributed by atoms with E-state index in [1.165, 1.54) is 0 Å². The number of hydrazone groups is 1. The zero-order valence-electron chi connectivity index (χ0n) is 7.76. The van der Waals surface area contributed by atoms with Gasteiger partial charge in [-0.25, -0.2) is 0 Å². The molecule has 0 rings (SSSR count). The van der Waals surface area contributed by atoms with Crippen molar-refractivity contribution in [2.45, 2.75) is 33.2 Å². The third-order valence-electron chi connectivity index (χ3n) is 1.17. The van der Waals surface area contributed by atoms with Crippen LogP contribution in [0.5, 0.6) is 0 Å². The van der Waals surface area contributed by atoms with E-state index in [9.17, 15) is 0 Å². The molecule has 0 atom stereocenters. The average Bonchev–Trinajstić information content (AvgIpc) is 1.79. The van der Waals surface area contributed by atoms with Gasteiger partial charge < -0.3 is 5.73 Å². The van der Waals surface area contributed by atoms with Crippen LogP contribution in [-0.2, 0) is 0 Å². The number of rotatable bonds is 2. The summed E-state index contributed by atoms with van der Waals surface area (Å²) in [4.78, 5) is 0. The molecule has 0 amide bonds. The molecular formula is C8H17N3. The van der Waals surface area contributed by atoms with Crippen molar-refractivity contribution in [2.75, 3.05) is 0 Å². The summed E-state index contributed by atoms with van der Waals surface area (Å²) >= 11 is 0. The summed E-state index contributed by atoms with van der Waals surface area (Å²) in [6, 6.07) is 0. The molecule has 11 heavy (non-hydrogen) atoms. The fraction of sp³-hybridized carbons (Fsp3) is 0.625. The molecule has 0 aliphatic rings. The third kappa shape index (κ3) is 3.65. The molecule has 0 bridgehead atoms. The van der Waals surface area contributed by atoms with Crippen molar-refractivity contribution in [1.29, 1.82) is 0 Å². The molecular weight excluding hydrogens is 138 g/mol. The van der Waals surface area contributed by atoms with Gasteiger partial charge in [-0.05, 0) is 27.7 Å². The van der Waals surface area contributed by atoms with Crippen molar-refractivity contribution in [3.8, 4) is 0 Å².